The van der Waals surface area contributed by atoms with Gasteiger partial charge < -0.3 is 5.73 Å². The lowest BCUT2D eigenvalue weighted by Crippen LogP contribution is -2.50. The number of rotatable bonds is 3. The number of nitrogen functional groups attached to an aromatic ring is 1. The fourth-order valence-corrected chi connectivity index (χ4v) is 4.00. The average molecular weight is 305 g/mol. The second-order valence-corrected chi connectivity index (χ2v) is 8.27. The molecule has 1 aromatic carbocycles. The third kappa shape index (κ3) is 3.66. The van der Waals surface area contributed by atoms with Crippen LogP contribution < -0.4 is 10.6 Å². The lowest BCUT2D eigenvalue weighted by molar-refractivity contribution is 0.261. The van der Waals surface area contributed by atoms with Crippen LogP contribution in [0, 0.1) is 0 Å². The Balaban J connectivity index is 2.08. The highest BCUT2D eigenvalue weighted by Crippen LogP contribution is 2.12. The molecule has 19 heavy (non-hydrogen) atoms. The SMILES string of the molecule is Nc1ccc(S(=O)(=O)NN2CCS(=O)(=O)CC2)cc1. The molecule has 3 N–H and O–H groups in total. The molecule has 1 heterocycles. The zero-order valence-electron chi connectivity index (χ0n) is 10.1. The first-order chi connectivity index (χ1) is 8.78. The Hall–Kier alpha value is -1.16. The number of hydrazine groups is 1. The fraction of sp³-hybridized carbons (Fsp3) is 0.400. The second kappa shape index (κ2) is 5.08. The van der Waals surface area contributed by atoms with Crippen molar-refractivity contribution < 1.29 is 16.8 Å². The minimum absolute atomic E-state index is 0.0444. The monoisotopic (exact) mass is 305 g/mol. The van der Waals surface area contributed by atoms with Crippen molar-refractivity contribution in [3.63, 3.8) is 0 Å². The topological polar surface area (TPSA) is 110 Å². The molecule has 1 fully saturated rings. The molecule has 1 saturated heterocycles. The van der Waals surface area contributed by atoms with E-state index in [2.05, 4.69) is 4.83 Å². The molecule has 0 aromatic heterocycles. The first-order valence-electron chi connectivity index (χ1n) is 5.62. The molecule has 106 valence electrons. The summed E-state index contributed by atoms with van der Waals surface area (Å²) < 4.78 is 46.6. The minimum Gasteiger partial charge on any atom is -0.399 e. The largest absolute Gasteiger partial charge is 0.399 e. The summed E-state index contributed by atoms with van der Waals surface area (Å²) >= 11 is 0. The standard InChI is InChI=1S/C10H15N3O4S2/c11-9-1-3-10(4-2-9)19(16,17)12-13-5-7-18(14,15)8-6-13/h1-4,12H,5-8,11H2. The van der Waals surface area contributed by atoms with Crippen LogP contribution >= 0.6 is 0 Å². The molecule has 0 atom stereocenters. The highest BCUT2D eigenvalue weighted by atomic mass is 32.2. The van der Waals surface area contributed by atoms with Gasteiger partial charge in [-0.15, -0.1) is 4.83 Å². The zero-order chi connectivity index (χ0) is 14.1. The Bertz CT molecular complexity index is 639. The number of benzene rings is 1. The molecule has 0 bridgehead atoms. The molecule has 0 unspecified atom stereocenters. The van der Waals surface area contributed by atoms with Gasteiger partial charge in [0.05, 0.1) is 16.4 Å². The van der Waals surface area contributed by atoms with Crippen molar-refractivity contribution in [3.05, 3.63) is 24.3 Å². The van der Waals surface area contributed by atoms with Crippen LogP contribution in [0.15, 0.2) is 29.2 Å². The van der Waals surface area contributed by atoms with Crippen LogP contribution in [0.5, 0.6) is 0 Å². The van der Waals surface area contributed by atoms with E-state index in [0.29, 0.717) is 5.69 Å². The quantitative estimate of drug-likeness (QED) is 0.707. The maximum Gasteiger partial charge on any atom is 0.253 e. The summed E-state index contributed by atoms with van der Waals surface area (Å²) in [5.41, 5.74) is 5.97. The average Bonchev–Trinajstić information content (AvgIpc) is 2.32. The molecule has 1 aliphatic heterocycles. The Kier molecular flexibility index (Phi) is 3.81. The van der Waals surface area contributed by atoms with Gasteiger partial charge in [0.25, 0.3) is 10.0 Å². The Morgan fingerprint density at radius 1 is 1.11 bits per heavy atom. The van der Waals surface area contributed by atoms with Crippen LogP contribution in [0.4, 0.5) is 5.69 Å². The van der Waals surface area contributed by atoms with Crippen LogP contribution in [0.1, 0.15) is 0 Å². The summed E-state index contributed by atoms with van der Waals surface area (Å²) in [6.45, 7) is 0.299. The minimum atomic E-state index is -3.69. The van der Waals surface area contributed by atoms with E-state index in [9.17, 15) is 16.8 Å². The van der Waals surface area contributed by atoms with Gasteiger partial charge in [0.15, 0.2) is 9.84 Å². The first kappa shape index (κ1) is 14.3. The first-order valence-corrected chi connectivity index (χ1v) is 8.92. The smallest absolute Gasteiger partial charge is 0.253 e. The van der Waals surface area contributed by atoms with Crippen molar-refractivity contribution in [2.45, 2.75) is 4.90 Å². The van der Waals surface area contributed by atoms with E-state index in [1.54, 1.807) is 0 Å². The van der Waals surface area contributed by atoms with E-state index >= 15 is 0 Å². The summed E-state index contributed by atoms with van der Waals surface area (Å²) in [6, 6.07) is 5.79. The van der Waals surface area contributed by atoms with Crippen molar-refractivity contribution in [2.24, 2.45) is 0 Å². The molecule has 0 saturated carbocycles. The third-order valence-corrected chi connectivity index (χ3v) is 5.78. The van der Waals surface area contributed by atoms with Gasteiger partial charge >= 0.3 is 0 Å². The van der Waals surface area contributed by atoms with E-state index in [4.69, 9.17) is 5.73 Å². The number of sulfonamides is 1. The number of hydrogen-bond donors (Lipinski definition) is 2. The number of anilines is 1. The van der Waals surface area contributed by atoms with Crippen molar-refractivity contribution >= 4 is 25.5 Å². The summed E-state index contributed by atoms with van der Waals surface area (Å²) in [7, 11) is -6.72. The zero-order valence-corrected chi connectivity index (χ0v) is 11.7. The molecular formula is C10H15N3O4S2. The lowest BCUT2D eigenvalue weighted by Gasteiger charge is -2.26. The van der Waals surface area contributed by atoms with Gasteiger partial charge in [-0.1, -0.05) is 0 Å². The highest BCUT2D eigenvalue weighted by molar-refractivity contribution is 7.91. The van der Waals surface area contributed by atoms with Crippen LogP contribution in [-0.2, 0) is 19.9 Å². The van der Waals surface area contributed by atoms with Gasteiger partial charge in [-0.25, -0.2) is 21.8 Å². The van der Waals surface area contributed by atoms with E-state index in [1.165, 1.54) is 29.3 Å². The van der Waals surface area contributed by atoms with E-state index in [-0.39, 0.29) is 29.5 Å². The molecule has 0 radical (unpaired) electrons. The fourth-order valence-electron chi connectivity index (χ4n) is 1.67. The molecule has 0 amide bonds. The van der Waals surface area contributed by atoms with Crippen LogP contribution in [0.25, 0.3) is 0 Å². The molecule has 2 rings (SSSR count). The number of nitrogens with zero attached hydrogens (tertiary/aromatic N) is 1. The second-order valence-electron chi connectivity index (χ2n) is 4.30. The molecule has 0 aliphatic carbocycles. The highest BCUT2D eigenvalue weighted by Gasteiger charge is 2.25. The van der Waals surface area contributed by atoms with Crippen LogP contribution in [-0.4, -0.2) is 46.4 Å². The van der Waals surface area contributed by atoms with Crippen molar-refractivity contribution in [3.8, 4) is 0 Å². The molecule has 1 aliphatic rings. The molecule has 9 heteroatoms. The molecular weight excluding hydrogens is 290 g/mol. The maximum atomic E-state index is 12.0. The summed E-state index contributed by atoms with van der Waals surface area (Å²) in [4.78, 5) is 2.46. The predicted octanol–water partition coefficient (Wildman–Crippen LogP) is -0.807. The van der Waals surface area contributed by atoms with E-state index in [0.717, 1.165) is 0 Å². The van der Waals surface area contributed by atoms with Gasteiger partial charge in [-0.05, 0) is 24.3 Å². The number of nitrogens with two attached hydrogens (primary N) is 1. The Labute approximate surface area is 112 Å². The van der Waals surface area contributed by atoms with Gasteiger partial charge in [0, 0.05) is 18.8 Å². The predicted molar refractivity (Wildman–Crippen MR) is 71.4 cm³/mol. The van der Waals surface area contributed by atoms with Gasteiger partial charge in [-0.2, -0.15) is 0 Å². The van der Waals surface area contributed by atoms with E-state index in [1.807, 2.05) is 0 Å². The van der Waals surface area contributed by atoms with E-state index < -0.39 is 19.9 Å². The normalized spacial score (nSPS) is 20.2. The number of nitrogens with one attached hydrogen (secondary N) is 1. The van der Waals surface area contributed by atoms with Gasteiger partial charge in [0.1, 0.15) is 0 Å². The molecule has 1 aromatic rings. The molecule has 7 nitrogen and oxygen atoms in total. The van der Waals surface area contributed by atoms with Crippen molar-refractivity contribution in [1.29, 1.82) is 0 Å². The summed E-state index contributed by atoms with van der Waals surface area (Å²) in [5, 5.41) is 1.40. The number of sulfone groups is 1. The third-order valence-electron chi connectivity index (χ3n) is 2.78. The summed E-state index contributed by atoms with van der Waals surface area (Å²) in [6.07, 6.45) is 0. The molecule has 0 spiro atoms. The van der Waals surface area contributed by atoms with Gasteiger partial charge in [-0.3, -0.25) is 0 Å². The van der Waals surface area contributed by atoms with Gasteiger partial charge in [0.2, 0.25) is 0 Å². The maximum absolute atomic E-state index is 12.0. The van der Waals surface area contributed by atoms with Crippen LogP contribution in [0.3, 0.4) is 0 Å². The van der Waals surface area contributed by atoms with Crippen molar-refractivity contribution in [1.82, 2.24) is 9.84 Å². The van der Waals surface area contributed by atoms with Crippen molar-refractivity contribution in [2.75, 3.05) is 30.3 Å². The lowest BCUT2D eigenvalue weighted by atomic mass is 10.3. The number of hydrogen-bond acceptors (Lipinski definition) is 6. The van der Waals surface area contributed by atoms with Crippen LogP contribution in [0.2, 0.25) is 0 Å². The summed E-state index contributed by atoms with van der Waals surface area (Å²) in [5.74, 6) is -0.0888. The Morgan fingerprint density at radius 2 is 1.63 bits per heavy atom. The Morgan fingerprint density at radius 3 is 2.16 bits per heavy atom.